The SMILES string of the molecule is C=CC(=O)NC(C)(c1ccccc1)[N+](C)(C)CCC. The number of nitrogens with one attached hydrogen (secondary N) is 1. The zero-order valence-corrected chi connectivity index (χ0v) is 12.4. The quantitative estimate of drug-likeness (QED) is 0.476. The molecule has 1 rings (SSSR count). The van der Waals surface area contributed by atoms with E-state index in [2.05, 4.69) is 52.0 Å². The molecule has 0 saturated carbocycles. The van der Waals surface area contributed by atoms with Crippen molar-refractivity contribution in [3.63, 3.8) is 0 Å². The van der Waals surface area contributed by atoms with Crippen molar-refractivity contribution >= 4 is 5.91 Å². The van der Waals surface area contributed by atoms with Crippen LogP contribution in [-0.2, 0) is 10.5 Å². The molecule has 0 aromatic heterocycles. The van der Waals surface area contributed by atoms with E-state index >= 15 is 0 Å². The summed E-state index contributed by atoms with van der Waals surface area (Å²) in [6.07, 6.45) is 2.38. The Morgan fingerprint density at radius 2 is 1.95 bits per heavy atom. The van der Waals surface area contributed by atoms with Crippen molar-refractivity contribution in [1.29, 1.82) is 0 Å². The molecule has 0 aliphatic carbocycles. The zero-order valence-electron chi connectivity index (χ0n) is 12.4. The van der Waals surface area contributed by atoms with Crippen molar-refractivity contribution in [2.24, 2.45) is 0 Å². The molecule has 0 fully saturated rings. The van der Waals surface area contributed by atoms with E-state index in [1.807, 2.05) is 18.2 Å². The standard InChI is InChI=1S/C16H24N2O/c1-6-13-18(4,5)16(3,17-15(19)7-2)14-11-9-8-10-12-14/h7-12H,2,6,13H2,1,3-5H3/p+1. The number of rotatable bonds is 6. The van der Waals surface area contributed by atoms with E-state index in [0.29, 0.717) is 4.48 Å². The second-order valence-corrected chi connectivity index (χ2v) is 5.54. The summed E-state index contributed by atoms with van der Waals surface area (Å²) in [6.45, 7) is 8.74. The van der Waals surface area contributed by atoms with Gasteiger partial charge >= 0.3 is 0 Å². The van der Waals surface area contributed by atoms with Gasteiger partial charge in [0.25, 0.3) is 0 Å². The maximum atomic E-state index is 11.8. The average molecular weight is 261 g/mol. The Kier molecular flexibility index (Phi) is 4.90. The van der Waals surface area contributed by atoms with E-state index in [9.17, 15) is 4.79 Å². The van der Waals surface area contributed by atoms with Gasteiger partial charge in [-0.2, -0.15) is 0 Å². The highest BCUT2D eigenvalue weighted by molar-refractivity contribution is 5.87. The highest BCUT2D eigenvalue weighted by Gasteiger charge is 2.43. The smallest absolute Gasteiger partial charge is 0.248 e. The van der Waals surface area contributed by atoms with Gasteiger partial charge in [0.2, 0.25) is 5.91 Å². The fraction of sp³-hybridized carbons (Fsp3) is 0.438. The lowest BCUT2D eigenvalue weighted by molar-refractivity contribution is -0.950. The van der Waals surface area contributed by atoms with Crippen molar-refractivity contribution in [2.45, 2.75) is 25.9 Å². The number of hydrogen-bond donors (Lipinski definition) is 1. The first-order chi connectivity index (χ1) is 8.87. The van der Waals surface area contributed by atoms with Gasteiger partial charge in [-0.1, -0.05) is 43.8 Å². The highest BCUT2D eigenvalue weighted by Crippen LogP contribution is 2.30. The maximum Gasteiger partial charge on any atom is 0.248 e. The molecule has 19 heavy (non-hydrogen) atoms. The molecule has 0 aliphatic heterocycles. The van der Waals surface area contributed by atoms with Gasteiger partial charge < -0.3 is 4.48 Å². The highest BCUT2D eigenvalue weighted by atomic mass is 16.1. The largest absolute Gasteiger partial charge is 0.303 e. The summed E-state index contributed by atoms with van der Waals surface area (Å²) in [5, 5.41) is 3.10. The third kappa shape index (κ3) is 3.24. The van der Waals surface area contributed by atoms with Gasteiger partial charge in [-0.25, -0.2) is 0 Å². The molecule has 0 saturated heterocycles. The molecule has 104 valence electrons. The summed E-state index contributed by atoms with van der Waals surface area (Å²) < 4.78 is 0.688. The van der Waals surface area contributed by atoms with Gasteiger partial charge in [0.1, 0.15) is 0 Å². The van der Waals surface area contributed by atoms with E-state index in [0.717, 1.165) is 18.5 Å². The van der Waals surface area contributed by atoms with Gasteiger partial charge in [0.15, 0.2) is 5.66 Å². The van der Waals surface area contributed by atoms with Crippen LogP contribution in [0.15, 0.2) is 43.0 Å². The van der Waals surface area contributed by atoms with Crippen LogP contribution in [0.25, 0.3) is 0 Å². The van der Waals surface area contributed by atoms with Crippen LogP contribution in [0.2, 0.25) is 0 Å². The second-order valence-electron chi connectivity index (χ2n) is 5.54. The molecule has 0 spiro atoms. The van der Waals surface area contributed by atoms with Crippen LogP contribution in [0, 0.1) is 0 Å². The van der Waals surface area contributed by atoms with Crippen molar-refractivity contribution in [3.8, 4) is 0 Å². The lowest BCUT2D eigenvalue weighted by atomic mass is 9.96. The Balaban J connectivity index is 3.24. The Hall–Kier alpha value is -1.61. The molecule has 0 radical (unpaired) electrons. The van der Waals surface area contributed by atoms with Crippen LogP contribution in [-0.4, -0.2) is 31.0 Å². The molecule has 1 amide bonds. The number of hydrogen-bond acceptors (Lipinski definition) is 1. The summed E-state index contributed by atoms with van der Waals surface area (Å²) >= 11 is 0. The topological polar surface area (TPSA) is 29.1 Å². The third-order valence-corrected chi connectivity index (χ3v) is 3.88. The van der Waals surface area contributed by atoms with E-state index in [1.165, 1.54) is 6.08 Å². The number of amides is 1. The molecule has 0 heterocycles. The molecule has 0 aliphatic rings. The number of nitrogens with zero attached hydrogens (tertiary/aromatic N) is 1. The molecule has 0 bridgehead atoms. The lowest BCUT2D eigenvalue weighted by Crippen LogP contribution is -2.64. The number of carbonyl (C=O) groups is 1. The summed E-state index contributed by atoms with van der Waals surface area (Å²) in [5.41, 5.74) is 0.631. The van der Waals surface area contributed by atoms with E-state index in [-0.39, 0.29) is 5.91 Å². The van der Waals surface area contributed by atoms with Gasteiger partial charge in [0, 0.05) is 12.5 Å². The van der Waals surface area contributed by atoms with Gasteiger partial charge in [0.05, 0.1) is 20.6 Å². The van der Waals surface area contributed by atoms with E-state index < -0.39 is 5.66 Å². The molecular formula is C16H25N2O+. The third-order valence-electron chi connectivity index (χ3n) is 3.88. The minimum atomic E-state index is -0.470. The number of quaternary nitrogens is 1. The number of carbonyl (C=O) groups excluding carboxylic acids is 1. The van der Waals surface area contributed by atoms with E-state index in [1.54, 1.807) is 0 Å². The fourth-order valence-corrected chi connectivity index (χ4v) is 2.41. The molecule has 3 heteroatoms. The Morgan fingerprint density at radius 3 is 2.42 bits per heavy atom. The van der Waals surface area contributed by atoms with Crippen LogP contribution in [0.3, 0.4) is 0 Å². The normalized spacial score (nSPS) is 14.5. The molecule has 1 unspecified atom stereocenters. The molecule has 1 aromatic rings. The summed E-state index contributed by atoms with van der Waals surface area (Å²) in [4.78, 5) is 11.8. The van der Waals surface area contributed by atoms with Crippen molar-refractivity contribution in [3.05, 3.63) is 48.6 Å². The number of benzene rings is 1. The van der Waals surface area contributed by atoms with Crippen LogP contribution >= 0.6 is 0 Å². The first kappa shape index (κ1) is 15.4. The average Bonchev–Trinajstić information content (AvgIpc) is 2.39. The Morgan fingerprint density at radius 1 is 1.37 bits per heavy atom. The molecule has 1 N–H and O–H groups in total. The molecule has 1 aromatic carbocycles. The zero-order chi connectivity index (χ0) is 14.5. The summed E-state index contributed by atoms with van der Waals surface area (Å²) in [7, 11) is 4.28. The second kappa shape index (κ2) is 6.02. The van der Waals surface area contributed by atoms with E-state index in [4.69, 9.17) is 0 Å². The van der Waals surface area contributed by atoms with Crippen LogP contribution in [0.1, 0.15) is 25.8 Å². The summed E-state index contributed by atoms with van der Waals surface area (Å²) in [6, 6.07) is 10.1. The fourth-order valence-electron chi connectivity index (χ4n) is 2.41. The van der Waals surface area contributed by atoms with Crippen molar-refractivity contribution in [2.75, 3.05) is 20.6 Å². The van der Waals surface area contributed by atoms with Gasteiger partial charge in [-0.15, -0.1) is 0 Å². The van der Waals surface area contributed by atoms with Gasteiger partial charge in [-0.05, 0) is 12.5 Å². The van der Waals surface area contributed by atoms with Gasteiger partial charge in [-0.3, -0.25) is 10.1 Å². The Labute approximate surface area is 116 Å². The predicted octanol–water partition coefficient (Wildman–Crippen LogP) is 2.65. The molecule has 1 atom stereocenters. The summed E-state index contributed by atoms with van der Waals surface area (Å²) in [5.74, 6) is -0.145. The minimum Gasteiger partial charge on any atom is -0.303 e. The monoisotopic (exact) mass is 261 g/mol. The van der Waals surface area contributed by atoms with Crippen LogP contribution in [0.4, 0.5) is 0 Å². The van der Waals surface area contributed by atoms with Crippen molar-refractivity contribution < 1.29 is 9.28 Å². The van der Waals surface area contributed by atoms with Crippen LogP contribution < -0.4 is 5.32 Å². The molecular weight excluding hydrogens is 236 g/mol. The molecule has 3 nitrogen and oxygen atoms in total. The van der Waals surface area contributed by atoms with Crippen molar-refractivity contribution in [1.82, 2.24) is 5.32 Å². The first-order valence-electron chi connectivity index (χ1n) is 6.70. The minimum absolute atomic E-state index is 0.145. The predicted molar refractivity (Wildman–Crippen MR) is 79.4 cm³/mol. The lowest BCUT2D eigenvalue weighted by Gasteiger charge is -2.46. The van der Waals surface area contributed by atoms with Crippen LogP contribution in [0.5, 0.6) is 0 Å². The Bertz CT molecular complexity index is 439. The maximum absolute atomic E-state index is 11.8. The first-order valence-corrected chi connectivity index (χ1v) is 6.70.